The van der Waals surface area contributed by atoms with E-state index < -0.39 is 0 Å². The first-order valence-corrected chi connectivity index (χ1v) is 7.91. The smallest absolute Gasteiger partial charge is 0.138 e. The van der Waals surface area contributed by atoms with Gasteiger partial charge in [0.15, 0.2) is 0 Å². The Morgan fingerprint density at radius 3 is 3.11 bits per heavy atom. The van der Waals surface area contributed by atoms with Crippen molar-refractivity contribution in [3.63, 3.8) is 0 Å². The number of aliphatic imine (C=N–C) groups is 1. The minimum Gasteiger partial charge on any atom is -0.491 e. The molecule has 1 aromatic carbocycles. The highest BCUT2D eigenvalue weighted by Gasteiger charge is 2.13. The fraction of sp³-hybridized carbons (Fsp3) is 0.417. The van der Waals surface area contributed by atoms with Gasteiger partial charge in [0.25, 0.3) is 0 Å². The van der Waals surface area contributed by atoms with Gasteiger partial charge in [-0.15, -0.1) is 0 Å². The number of thioether (sulfide) groups is 2. The first-order valence-electron chi connectivity index (χ1n) is 5.56. The molecule has 1 aromatic rings. The molecule has 0 spiro atoms. The van der Waals surface area contributed by atoms with Crippen LogP contribution in [0.2, 0.25) is 5.02 Å². The molecule has 0 radical (unpaired) electrons. The fourth-order valence-electron chi connectivity index (χ4n) is 1.40. The zero-order valence-corrected chi connectivity index (χ0v) is 12.2. The van der Waals surface area contributed by atoms with E-state index in [9.17, 15) is 4.39 Å². The van der Waals surface area contributed by atoms with Crippen LogP contribution in [0.25, 0.3) is 0 Å². The second kappa shape index (κ2) is 6.68. The molecule has 0 aliphatic carbocycles. The predicted octanol–water partition coefficient (Wildman–Crippen LogP) is 4.08. The lowest BCUT2D eigenvalue weighted by molar-refractivity contribution is 0.344. The van der Waals surface area contributed by atoms with Gasteiger partial charge in [0, 0.05) is 11.5 Å². The number of halogens is 2. The molecule has 6 heteroatoms. The Balaban J connectivity index is 1.74. The largest absolute Gasteiger partial charge is 0.491 e. The molecule has 1 unspecified atom stereocenters. The van der Waals surface area contributed by atoms with Crippen LogP contribution in [0, 0.1) is 5.82 Å². The van der Waals surface area contributed by atoms with Crippen molar-refractivity contribution in [1.29, 1.82) is 0 Å². The van der Waals surface area contributed by atoms with Crippen LogP contribution in [0.1, 0.15) is 6.92 Å². The van der Waals surface area contributed by atoms with Crippen LogP contribution in [-0.4, -0.2) is 28.5 Å². The highest BCUT2D eigenvalue weighted by atomic mass is 35.5. The van der Waals surface area contributed by atoms with Crippen molar-refractivity contribution < 1.29 is 9.13 Å². The number of ether oxygens (including phenoxy) is 1. The molecule has 0 saturated heterocycles. The summed E-state index contributed by atoms with van der Waals surface area (Å²) in [5.74, 6) is 2.04. The van der Waals surface area contributed by atoms with Gasteiger partial charge < -0.3 is 4.74 Å². The molecule has 0 fully saturated rings. The highest BCUT2D eigenvalue weighted by molar-refractivity contribution is 8.39. The van der Waals surface area contributed by atoms with Crippen LogP contribution < -0.4 is 4.74 Å². The summed E-state index contributed by atoms with van der Waals surface area (Å²) in [7, 11) is 0. The molecule has 1 aliphatic rings. The van der Waals surface area contributed by atoms with E-state index in [2.05, 4.69) is 11.9 Å². The maximum Gasteiger partial charge on any atom is 0.138 e. The summed E-state index contributed by atoms with van der Waals surface area (Å²) < 4.78 is 19.4. The minimum atomic E-state index is -0.354. The molecule has 18 heavy (non-hydrogen) atoms. The standard InChI is InChI=1S/C12H13ClFNOS2/c1-8-7-18-12(15-8)17-5-4-16-11-3-2-9(14)6-10(11)13/h2-3,6,8H,4-5,7H2,1H3. The van der Waals surface area contributed by atoms with E-state index in [0.717, 1.165) is 15.9 Å². The number of hydrogen-bond donors (Lipinski definition) is 0. The maximum atomic E-state index is 12.8. The predicted molar refractivity (Wildman–Crippen MR) is 78.7 cm³/mol. The Kier molecular flexibility index (Phi) is 5.21. The molecule has 2 rings (SSSR count). The van der Waals surface area contributed by atoms with E-state index in [0.29, 0.717) is 23.4 Å². The topological polar surface area (TPSA) is 21.6 Å². The molecule has 0 amide bonds. The first-order chi connectivity index (χ1) is 8.65. The zero-order chi connectivity index (χ0) is 13.0. The highest BCUT2D eigenvalue weighted by Crippen LogP contribution is 2.27. The van der Waals surface area contributed by atoms with Crippen LogP contribution in [-0.2, 0) is 0 Å². The van der Waals surface area contributed by atoms with Crippen molar-refractivity contribution in [2.75, 3.05) is 18.1 Å². The average molecular weight is 306 g/mol. The quantitative estimate of drug-likeness (QED) is 0.782. The van der Waals surface area contributed by atoms with E-state index in [1.807, 2.05) is 0 Å². The van der Waals surface area contributed by atoms with Crippen molar-refractivity contribution in [3.8, 4) is 5.75 Å². The Morgan fingerprint density at radius 1 is 1.61 bits per heavy atom. The lowest BCUT2D eigenvalue weighted by Gasteiger charge is -2.07. The third-order valence-corrected chi connectivity index (χ3v) is 4.96. The summed E-state index contributed by atoms with van der Waals surface area (Å²) >= 11 is 9.33. The summed E-state index contributed by atoms with van der Waals surface area (Å²) in [5.41, 5.74) is 0. The van der Waals surface area contributed by atoms with Crippen LogP contribution in [0.15, 0.2) is 23.2 Å². The number of rotatable bonds is 4. The number of nitrogens with zero attached hydrogens (tertiary/aromatic N) is 1. The van der Waals surface area contributed by atoms with E-state index in [1.54, 1.807) is 29.6 Å². The molecule has 1 heterocycles. The fourth-order valence-corrected chi connectivity index (χ4v) is 3.72. The monoisotopic (exact) mass is 305 g/mol. The molecular weight excluding hydrogens is 293 g/mol. The Morgan fingerprint density at radius 2 is 2.44 bits per heavy atom. The van der Waals surface area contributed by atoms with E-state index in [1.165, 1.54) is 12.1 Å². The summed E-state index contributed by atoms with van der Waals surface area (Å²) in [6, 6.07) is 4.56. The molecular formula is C12H13ClFNOS2. The SMILES string of the molecule is CC1CSC(SCCOc2ccc(F)cc2Cl)=N1. The Labute approximate surface area is 119 Å². The summed E-state index contributed by atoms with van der Waals surface area (Å²) in [6.07, 6.45) is 0. The van der Waals surface area contributed by atoms with Gasteiger partial charge in [0.05, 0.1) is 17.7 Å². The van der Waals surface area contributed by atoms with Gasteiger partial charge in [-0.1, -0.05) is 35.1 Å². The Hall–Kier alpha value is -0.390. The van der Waals surface area contributed by atoms with Crippen LogP contribution in [0.4, 0.5) is 4.39 Å². The van der Waals surface area contributed by atoms with E-state index >= 15 is 0 Å². The van der Waals surface area contributed by atoms with Crippen molar-refractivity contribution in [3.05, 3.63) is 29.0 Å². The van der Waals surface area contributed by atoms with Crippen molar-refractivity contribution in [2.45, 2.75) is 13.0 Å². The molecule has 2 nitrogen and oxygen atoms in total. The van der Waals surface area contributed by atoms with Crippen LogP contribution in [0.3, 0.4) is 0 Å². The van der Waals surface area contributed by atoms with E-state index in [4.69, 9.17) is 16.3 Å². The third-order valence-electron chi connectivity index (χ3n) is 2.23. The third kappa shape index (κ3) is 4.07. The summed E-state index contributed by atoms with van der Waals surface area (Å²) in [4.78, 5) is 4.47. The normalized spacial score (nSPS) is 18.8. The molecule has 0 N–H and O–H groups in total. The van der Waals surface area contributed by atoms with Crippen LogP contribution >= 0.6 is 35.1 Å². The molecule has 1 atom stereocenters. The lowest BCUT2D eigenvalue weighted by Crippen LogP contribution is -2.02. The molecule has 98 valence electrons. The van der Waals surface area contributed by atoms with Crippen molar-refractivity contribution in [1.82, 2.24) is 0 Å². The first kappa shape index (κ1) is 14.0. The molecule has 0 saturated carbocycles. The number of hydrogen-bond acceptors (Lipinski definition) is 4. The molecule has 1 aliphatic heterocycles. The van der Waals surface area contributed by atoms with E-state index in [-0.39, 0.29) is 5.82 Å². The number of benzene rings is 1. The molecule has 0 aromatic heterocycles. The maximum absolute atomic E-state index is 12.8. The van der Waals surface area contributed by atoms with Crippen molar-refractivity contribution >= 4 is 39.5 Å². The summed E-state index contributed by atoms with van der Waals surface area (Å²) in [5, 5.41) is 0.307. The van der Waals surface area contributed by atoms with Gasteiger partial charge in [-0.3, -0.25) is 4.99 Å². The zero-order valence-electron chi connectivity index (χ0n) is 9.86. The second-order valence-electron chi connectivity index (χ2n) is 3.83. The van der Waals surface area contributed by atoms with Gasteiger partial charge in [-0.25, -0.2) is 4.39 Å². The van der Waals surface area contributed by atoms with Gasteiger partial charge in [0.2, 0.25) is 0 Å². The second-order valence-corrected chi connectivity index (χ2v) is 6.58. The minimum absolute atomic E-state index is 0.307. The van der Waals surface area contributed by atoms with Crippen molar-refractivity contribution in [2.24, 2.45) is 4.99 Å². The Bertz CT molecular complexity index is 456. The lowest BCUT2D eigenvalue weighted by atomic mass is 10.3. The van der Waals surface area contributed by atoms with Gasteiger partial charge >= 0.3 is 0 Å². The molecule has 0 bridgehead atoms. The van der Waals surface area contributed by atoms with Gasteiger partial charge in [0.1, 0.15) is 15.9 Å². The van der Waals surface area contributed by atoms with Gasteiger partial charge in [-0.05, 0) is 25.1 Å². The van der Waals surface area contributed by atoms with Crippen LogP contribution in [0.5, 0.6) is 5.75 Å². The summed E-state index contributed by atoms with van der Waals surface area (Å²) in [6.45, 7) is 2.64. The average Bonchev–Trinajstić information content (AvgIpc) is 2.73. The van der Waals surface area contributed by atoms with Gasteiger partial charge in [-0.2, -0.15) is 0 Å².